The van der Waals surface area contributed by atoms with Crippen molar-refractivity contribution in [1.82, 2.24) is 14.3 Å². The second kappa shape index (κ2) is 4.28. The van der Waals surface area contributed by atoms with Gasteiger partial charge in [0, 0.05) is 19.0 Å². The van der Waals surface area contributed by atoms with Crippen LogP contribution in [0.25, 0.3) is 11.0 Å². The summed E-state index contributed by atoms with van der Waals surface area (Å²) in [5.41, 5.74) is 1.35. The second-order valence-electron chi connectivity index (χ2n) is 4.89. The molecule has 5 nitrogen and oxygen atoms in total. The first-order valence-corrected chi connectivity index (χ1v) is 7.88. The van der Waals surface area contributed by atoms with Gasteiger partial charge in [0.1, 0.15) is 11.6 Å². The maximum atomic E-state index is 13.1. The maximum Gasteiger partial charge on any atom is 0.211 e. The quantitative estimate of drug-likeness (QED) is 0.907. The third-order valence-corrected chi connectivity index (χ3v) is 4.74. The van der Waals surface area contributed by atoms with Gasteiger partial charge in [-0.15, -0.1) is 0 Å². The fraction of sp³-hybridized carbons (Fsp3) is 0.417. The Bertz CT molecular complexity index is 726. The smallest absolute Gasteiger partial charge is 0.211 e. The molecule has 1 N–H and O–H groups in total. The SMILES string of the molecule is CS(=O)(=O)N1CC[C@H](c2nc3ccc(F)cc3[nH]2)C1. The summed E-state index contributed by atoms with van der Waals surface area (Å²) in [4.78, 5) is 7.49. The zero-order valence-corrected chi connectivity index (χ0v) is 11.2. The predicted molar refractivity (Wildman–Crippen MR) is 69.8 cm³/mol. The first-order valence-electron chi connectivity index (χ1n) is 6.04. The molecule has 1 saturated heterocycles. The lowest BCUT2D eigenvalue weighted by molar-refractivity contribution is 0.477. The summed E-state index contributed by atoms with van der Waals surface area (Å²) in [5.74, 6) is 0.462. The number of rotatable bonds is 2. The topological polar surface area (TPSA) is 66.1 Å². The molecule has 2 aromatic rings. The van der Waals surface area contributed by atoms with Crippen LogP contribution in [0.2, 0.25) is 0 Å². The molecule has 1 aromatic carbocycles. The fourth-order valence-corrected chi connectivity index (χ4v) is 3.34. The summed E-state index contributed by atoms with van der Waals surface area (Å²) in [6.45, 7) is 0.941. The molecule has 0 amide bonds. The summed E-state index contributed by atoms with van der Waals surface area (Å²) in [6.07, 6.45) is 1.94. The van der Waals surface area contributed by atoms with Gasteiger partial charge < -0.3 is 4.98 Å². The maximum absolute atomic E-state index is 13.1. The summed E-state index contributed by atoms with van der Waals surface area (Å²) in [6, 6.07) is 4.38. The minimum atomic E-state index is -3.15. The number of halogens is 1. The molecule has 0 aliphatic carbocycles. The molecule has 0 saturated carbocycles. The Hall–Kier alpha value is -1.47. The molecule has 1 fully saturated rings. The van der Waals surface area contributed by atoms with Crippen molar-refractivity contribution in [3.8, 4) is 0 Å². The molecule has 1 aliphatic heterocycles. The Labute approximate surface area is 110 Å². The second-order valence-corrected chi connectivity index (χ2v) is 6.87. The first kappa shape index (κ1) is 12.6. The summed E-state index contributed by atoms with van der Waals surface area (Å²) in [5, 5.41) is 0. The number of nitrogens with one attached hydrogen (secondary N) is 1. The number of aromatic amines is 1. The Morgan fingerprint density at radius 1 is 1.47 bits per heavy atom. The molecule has 0 bridgehead atoms. The van der Waals surface area contributed by atoms with Crippen molar-refractivity contribution in [2.24, 2.45) is 0 Å². The van der Waals surface area contributed by atoms with Gasteiger partial charge in [-0.3, -0.25) is 0 Å². The highest BCUT2D eigenvalue weighted by Gasteiger charge is 2.31. The number of hydrogen-bond acceptors (Lipinski definition) is 3. The van der Waals surface area contributed by atoms with E-state index in [0.29, 0.717) is 24.1 Å². The number of fused-ring (bicyclic) bond motifs is 1. The number of aromatic nitrogens is 2. The van der Waals surface area contributed by atoms with Crippen molar-refractivity contribution in [3.05, 3.63) is 29.8 Å². The first-order chi connectivity index (χ1) is 8.93. The van der Waals surface area contributed by atoms with Crippen molar-refractivity contribution in [3.63, 3.8) is 0 Å². The van der Waals surface area contributed by atoms with Crippen LogP contribution in [0, 0.1) is 5.82 Å². The van der Waals surface area contributed by atoms with Crippen LogP contribution in [0.1, 0.15) is 18.2 Å². The minimum Gasteiger partial charge on any atom is -0.342 e. The van der Waals surface area contributed by atoms with Crippen LogP contribution in [-0.2, 0) is 10.0 Å². The van der Waals surface area contributed by atoms with E-state index in [4.69, 9.17) is 0 Å². The van der Waals surface area contributed by atoms with Crippen LogP contribution in [0.15, 0.2) is 18.2 Å². The molecule has 1 aromatic heterocycles. The largest absolute Gasteiger partial charge is 0.342 e. The normalized spacial score (nSPS) is 21.3. The van der Waals surface area contributed by atoms with Gasteiger partial charge in [-0.1, -0.05) is 0 Å². The molecule has 7 heteroatoms. The number of imidazole rings is 1. The van der Waals surface area contributed by atoms with Crippen molar-refractivity contribution >= 4 is 21.1 Å². The van der Waals surface area contributed by atoms with E-state index in [1.54, 1.807) is 6.07 Å². The monoisotopic (exact) mass is 283 g/mol. The van der Waals surface area contributed by atoms with Crippen molar-refractivity contribution in [2.75, 3.05) is 19.3 Å². The summed E-state index contributed by atoms with van der Waals surface area (Å²) < 4.78 is 37.5. The average Bonchev–Trinajstić information content (AvgIpc) is 2.92. The van der Waals surface area contributed by atoms with Crippen LogP contribution < -0.4 is 0 Å². The number of sulfonamides is 1. The van der Waals surface area contributed by atoms with E-state index in [-0.39, 0.29) is 11.7 Å². The lowest BCUT2D eigenvalue weighted by Crippen LogP contribution is -2.27. The minimum absolute atomic E-state index is 0.0465. The van der Waals surface area contributed by atoms with Gasteiger partial charge in [-0.25, -0.2) is 22.1 Å². The van der Waals surface area contributed by atoms with Crippen molar-refractivity contribution < 1.29 is 12.8 Å². The molecular weight excluding hydrogens is 269 g/mol. The van der Waals surface area contributed by atoms with Gasteiger partial charge >= 0.3 is 0 Å². The fourth-order valence-electron chi connectivity index (χ4n) is 2.45. The number of hydrogen-bond donors (Lipinski definition) is 1. The predicted octanol–water partition coefficient (Wildman–Crippen LogP) is 1.45. The standard InChI is InChI=1S/C12H14FN3O2S/c1-19(17,18)16-5-4-8(7-16)12-14-10-3-2-9(13)6-11(10)15-12/h2-3,6,8H,4-5,7H2,1H3,(H,14,15)/t8-/m0/s1. The Morgan fingerprint density at radius 2 is 2.26 bits per heavy atom. The highest BCUT2D eigenvalue weighted by atomic mass is 32.2. The average molecular weight is 283 g/mol. The van der Waals surface area contributed by atoms with E-state index in [1.807, 2.05) is 0 Å². The molecule has 0 spiro atoms. The van der Waals surface area contributed by atoms with E-state index in [2.05, 4.69) is 9.97 Å². The summed E-state index contributed by atoms with van der Waals surface area (Å²) >= 11 is 0. The highest BCUT2D eigenvalue weighted by molar-refractivity contribution is 7.88. The lowest BCUT2D eigenvalue weighted by Gasteiger charge is -2.11. The van der Waals surface area contributed by atoms with Gasteiger partial charge in [0.2, 0.25) is 10.0 Å². The number of benzene rings is 1. The molecule has 0 unspecified atom stereocenters. The van der Waals surface area contributed by atoms with Crippen LogP contribution in [0.4, 0.5) is 4.39 Å². The number of nitrogens with zero attached hydrogens (tertiary/aromatic N) is 2. The van der Waals surface area contributed by atoms with Crippen molar-refractivity contribution in [1.29, 1.82) is 0 Å². The zero-order valence-electron chi connectivity index (χ0n) is 10.4. The van der Waals surface area contributed by atoms with Gasteiger partial charge in [-0.05, 0) is 24.6 Å². The molecule has 1 atom stereocenters. The third-order valence-electron chi connectivity index (χ3n) is 3.47. The Morgan fingerprint density at radius 3 is 2.95 bits per heavy atom. The zero-order chi connectivity index (χ0) is 13.6. The van der Waals surface area contributed by atoms with Crippen LogP contribution in [0.3, 0.4) is 0 Å². The van der Waals surface area contributed by atoms with Gasteiger partial charge in [0.15, 0.2) is 0 Å². The molecule has 0 radical (unpaired) electrons. The van der Waals surface area contributed by atoms with Crippen LogP contribution in [-0.4, -0.2) is 42.0 Å². The molecule has 19 heavy (non-hydrogen) atoms. The number of H-pyrrole nitrogens is 1. The van der Waals surface area contributed by atoms with E-state index in [0.717, 1.165) is 12.2 Å². The van der Waals surface area contributed by atoms with E-state index < -0.39 is 10.0 Å². The Balaban J connectivity index is 1.90. The van der Waals surface area contributed by atoms with Gasteiger partial charge in [-0.2, -0.15) is 0 Å². The van der Waals surface area contributed by atoms with E-state index in [9.17, 15) is 12.8 Å². The van der Waals surface area contributed by atoms with Crippen LogP contribution in [0.5, 0.6) is 0 Å². The molecular formula is C12H14FN3O2S. The van der Waals surface area contributed by atoms with Crippen molar-refractivity contribution in [2.45, 2.75) is 12.3 Å². The van der Waals surface area contributed by atoms with Gasteiger partial charge in [0.05, 0.1) is 17.3 Å². The van der Waals surface area contributed by atoms with Crippen LogP contribution >= 0.6 is 0 Å². The lowest BCUT2D eigenvalue weighted by atomic mass is 10.1. The van der Waals surface area contributed by atoms with E-state index >= 15 is 0 Å². The third kappa shape index (κ3) is 2.35. The summed E-state index contributed by atoms with van der Waals surface area (Å²) in [7, 11) is -3.15. The molecule has 1 aliphatic rings. The van der Waals surface area contributed by atoms with E-state index in [1.165, 1.54) is 22.7 Å². The Kier molecular flexibility index (Phi) is 2.83. The molecule has 3 rings (SSSR count). The molecule has 2 heterocycles. The van der Waals surface area contributed by atoms with Gasteiger partial charge in [0.25, 0.3) is 0 Å². The highest BCUT2D eigenvalue weighted by Crippen LogP contribution is 2.28. The molecule has 102 valence electrons.